The van der Waals surface area contributed by atoms with Crippen molar-refractivity contribution in [2.45, 2.75) is 89.9 Å². The lowest BCUT2D eigenvalue weighted by Crippen LogP contribution is -2.74. The largest absolute Gasteiger partial charge is 0.472 e. The fourth-order valence-electron chi connectivity index (χ4n) is 10.4. The minimum absolute atomic E-state index is 0.184. The molecule has 0 radical (unpaired) electrons. The number of furan rings is 1. The van der Waals surface area contributed by atoms with E-state index in [0.29, 0.717) is 18.6 Å². The Balaban J connectivity index is 1.49. The summed E-state index contributed by atoms with van der Waals surface area (Å²) in [6.45, 7) is 12.0. The van der Waals surface area contributed by atoms with Crippen molar-refractivity contribution in [2.75, 3.05) is 13.7 Å². The standard InChI is InChI=1S/C32H40O9/c1-8-17(2)25(34)39-24-21-22-27(3,16-38-21)10-11-31(35)29(22,5)23(26(36-7)41-31)30(24,6)32-20(40-32)13-19(28(32,4)15-33)18-9-12-37-14-18/h8-12,14-15,19-24,26,35H,13,16H2,1-7H3/t19-,20+,21+,22-,23-,24+,26+,27-,28-,29-,30-,31-,32+/m0/s1. The highest BCUT2D eigenvalue weighted by Gasteiger charge is 2.91. The van der Waals surface area contributed by atoms with Crippen LogP contribution >= 0.6 is 0 Å². The van der Waals surface area contributed by atoms with Crippen molar-refractivity contribution in [3.63, 3.8) is 0 Å². The van der Waals surface area contributed by atoms with Gasteiger partial charge in [0.1, 0.15) is 18.0 Å². The lowest BCUT2D eigenvalue weighted by atomic mass is 9.39. The molecule has 5 fully saturated rings. The Morgan fingerprint density at radius 3 is 2.51 bits per heavy atom. The molecule has 1 aromatic rings. The SMILES string of the molecule is CC=C(C)C(=O)O[C@@H]1[C@@H]2OC[C@]3(C)C=C[C@]4(O)O[C@@H](OC)[C@H]([C@]1(C)[C@@]15O[C@@H]1C[C@@H](c1ccoc1)[C@]5(C)C=O)[C@]4(C)[C@@H]23. The molecule has 9 heteroatoms. The minimum atomic E-state index is -1.66. The van der Waals surface area contributed by atoms with Crippen molar-refractivity contribution in [3.05, 3.63) is 48.0 Å². The molecule has 1 aromatic heterocycles. The van der Waals surface area contributed by atoms with Crippen LogP contribution in [0, 0.1) is 33.5 Å². The van der Waals surface area contributed by atoms with Gasteiger partial charge in [-0.3, -0.25) is 0 Å². The molecule has 3 saturated heterocycles. The second-order valence-electron chi connectivity index (χ2n) is 13.9. The number of rotatable bonds is 6. The maximum Gasteiger partial charge on any atom is 0.333 e. The summed E-state index contributed by atoms with van der Waals surface area (Å²) in [4.78, 5) is 26.9. The number of aliphatic hydroxyl groups is 1. The van der Waals surface area contributed by atoms with Crippen LogP contribution in [0.5, 0.6) is 0 Å². The number of ether oxygens (including phenoxy) is 5. The third-order valence-electron chi connectivity index (χ3n) is 12.4. The van der Waals surface area contributed by atoms with Crippen molar-refractivity contribution in [2.24, 2.45) is 33.5 Å². The van der Waals surface area contributed by atoms with Gasteiger partial charge in [0.05, 0.1) is 36.8 Å². The van der Waals surface area contributed by atoms with Crippen LogP contribution in [0.3, 0.4) is 0 Å². The number of carbonyl (C=O) groups excluding carboxylic acids is 2. The van der Waals surface area contributed by atoms with Crippen LogP contribution in [0.4, 0.5) is 0 Å². The maximum absolute atomic E-state index is 13.6. The van der Waals surface area contributed by atoms with Crippen LogP contribution in [-0.4, -0.2) is 67.1 Å². The van der Waals surface area contributed by atoms with Crippen molar-refractivity contribution in [3.8, 4) is 0 Å². The molecule has 4 heterocycles. The first-order chi connectivity index (χ1) is 19.3. The monoisotopic (exact) mass is 568 g/mol. The van der Waals surface area contributed by atoms with E-state index in [1.165, 1.54) is 0 Å². The lowest BCUT2D eigenvalue weighted by molar-refractivity contribution is -0.272. The van der Waals surface area contributed by atoms with E-state index in [4.69, 9.17) is 28.1 Å². The number of fused-ring (bicyclic) bond motifs is 1. The average molecular weight is 569 g/mol. The number of carbonyl (C=O) groups is 2. The molecule has 3 aliphatic carbocycles. The number of allylic oxidation sites excluding steroid dienone is 1. The first-order valence-electron chi connectivity index (χ1n) is 14.6. The first kappa shape index (κ1) is 27.5. The number of esters is 1. The third kappa shape index (κ3) is 2.86. The number of epoxide rings is 1. The van der Waals surface area contributed by atoms with Crippen LogP contribution in [0.25, 0.3) is 0 Å². The Morgan fingerprint density at radius 1 is 1.12 bits per heavy atom. The van der Waals surface area contributed by atoms with Crippen molar-refractivity contribution >= 4 is 12.3 Å². The molecule has 41 heavy (non-hydrogen) atoms. The zero-order chi connectivity index (χ0) is 29.4. The van der Waals surface area contributed by atoms with Gasteiger partial charge in [-0.1, -0.05) is 32.9 Å². The predicted molar refractivity (Wildman–Crippen MR) is 144 cm³/mol. The molecule has 0 amide bonds. The van der Waals surface area contributed by atoms with Gasteiger partial charge in [-0.05, 0) is 44.9 Å². The van der Waals surface area contributed by atoms with E-state index < -0.39 is 63.4 Å². The highest BCUT2D eigenvalue weighted by Crippen LogP contribution is 2.81. The first-order valence-corrected chi connectivity index (χ1v) is 14.6. The van der Waals surface area contributed by atoms with Crippen LogP contribution in [0.15, 0.2) is 46.8 Å². The highest BCUT2D eigenvalue weighted by atomic mass is 16.7. The Bertz CT molecular complexity index is 1350. The number of aldehydes is 1. The van der Waals surface area contributed by atoms with E-state index in [9.17, 15) is 14.7 Å². The second kappa shape index (κ2) is 8.20. The molecule has 0 spiro atoms. The Labute approximate surface area is 240 Å². The van der Waals surface area contributed by atoms with Crippen LogP contribution in [0.2, 0.25) is 0 Å². The smallest absolute Gasteiger partial charge is 0.333 e. The third-order valence-corrected chi connectivity index (χ3v) is 12.4. The van der Waals surface area contributed by atoms with Gasteiger partial charge in [0.2, 0.25) is 0 Å². The molecule has 2 saturated carbocycles. The van der Waals surface area contributed by atoms with Crippen molar-refractivity contribution < 1.29 is 42.8 Å². The van der Waals surface area contributed by atoms with E-state index in [0.717, 1.165) is 11.8 Å². The Morgan fingerprint density at radius 2 is 1.88 bits per heavy atom. The summed E-state index contributed by atoms with van der Waals surface area (Å²) in [6.07, 6.45) is 7.76. The van der Waals surface area contributed by atoms with E-state index in [2.05, 4.69) is 6.92 Å². The summed E-state index contributed by atoms with van der Waals surface area (Å²) in [6, 6.07) is 1.89. The summed E-state index contributed by atoms with van der Waals surface area (Å²) >= 11 is 0. The Kier molecular flexibility index (Phi) is 5.50. The summed E-state index contributed by atoms with van der Waals surface area (Å²) in [5.41, 5.74) is -3.14. The summed E-state index contributed by atoms with van der Waals surface area (Å²) < 4.78 is 37.7. The van der Waals surface area contributed by atoms with Gasteiger partial charge in [-0.15, -0.1) is 0 Å². The van der Waals surface area contributed by atoms with Crippen molar-refractivity contribution in [1.29, 1.82) is 0 Å². The normalized spacial score (nSPS) is 54.5. The van der Waals surface area contributed by atoms with Crippen molar-refractivity contribution in [1.82, 2.24) is 0 Å². The fourth-order valence-corrected chi connectivity index (χ4v) is 10.4. The molecule has 0 bridgehead atoms. The van der Waals surface area contributed by atoms with Gasteiger partial charge >= 0.3 is 5.97 Å². The van der Waals surface area contributed by atoms with Gasteiger partial charge in [-0.2, -0.15) is 0 Å². The molecule has 0 unspecified atom stereocenters. The molecule has 9 nitrogen and oxygen atoms in total. The molecular formula is C32H40O9. The van der Waals surface area contributed by atoms with Crippen LogP contribution < -0.4 is 0 Å². The van der Waals surface area contributed by atoms with Gasteiger partial charge in [0, 0.05) is 46.7 Å². The summed E-state index contributed by atoms with van der Waals surface area (Å²) in [7, 11) is 1.56. The predicted octanol–water partition coefficient (Wildman–Crippen LogP) is 3.91. The zero-order valence-corrected chi connectivity index (χ0v) is 24.7. The molecule has 1 N–H and O–H groups in total. The van der Waals surface area contributed by atoms with Crippen LogP contribution in [-0.2, 0) is 33.3 Å². The zero-order valence-electron chi connectivity index (χ0n) is 24.7. The number of methoxy groups -OCH3 is 1. The molecule has 7 rings (SSSR count). The highest BCUT2D eigenvalue weighted by molar-refractivity contribution is 5.88. The molecule has 6 aliphatic rings. The fraction of sp³-hybridized carbons (Fsp3) is 0.688. The second-order valence-corrected chi connectivity index (χ2v) is 13.9. The van der Waals surface area contributed by atoms with Gasteiger partial charge in [0.25, 0.3) is 0 Å². The Hall–Kier alpha value is -2.30. The molecule has 222 valence electrons. The van der Waals surface area contributed by atoms with E-state index in [-0.39, 0.29) is 17.9 Å². The van der Waals surface area contributed by atoms with Crippen LogP contribution in [0.1, 0.15) is 59.4 Å². The number of hydrogen-bond acceptors (Lipinski definition) is 9. The molecule has 13 atom stereocenters. The summed E-state index contributed by atoms with van der Waals surface area (Å²) in [5, 5.41) is 12.2. The minimum Gasteiger partial charge on any atom is -0.472 e. The van der Waals surface area contributed by atoms with Gasteiger partial charge in [0.15, 0.2) is 12.1 Å². The molecular weight excluding hydrogens is 528 g/mol. The lowest BCUT2D eigenvalue weighted by Gasteiger charge is -2.64. The van der Waals surface area contributed by atoms with E-state index >= 15 is 0 Å². The quantitative estimate of drug-likeness (QED) is 0.179. The van der Waals surface area contributed by atoms with E-state index in [1.807, 2.05) is 32.9 Å². The number of hydrogen-bond donors (Lipinski definition) is 1. The topological polar surface area (TPSA) is 117 Å². The summed E-state index contributed by atoms with van der Waals surface area (Å²) in [5.74, 6) is -3.10. The van der Waals surface area contributed by atoms with Gasteiger partial charge < -0.3 is 38.0 Å². The molecule has 0 aromatic carbocycles. The molecule has 3 aliphatic heterocycles. The maximum atomic E-state index is 13.6. The van der Waals surface area contributed by atoms with E-state index in [1.54, 1.807) is 45.6 Å². The average Bonchev–Trinajstić information content (AvgIpc) is 3.25. The van der Waals surface area contributed by atoms with Gasteiger partial charge in [-0.25, -0.2) is 4.79 Å².